The highest BCUT2D eigenvalue weighted by Crippen LogP contribution is 2.19. The fourth-order valence-corrected chi connectivity index (χ4v) is 3.10. The number of carbonyl (C=O) groups is 3. The van der Waals surface area contributed by atoms with Gasteiger partial charge in [0, 0.05) is 6.04 Å². The van der Waals surface area contributed by atoms with Gasteiger partial charge >= 0.3 is 12.0 Å². The molecule has 2 aromatic carbocycles. The van der Waals surface area contributed by atoms with Crippen molar-refractivity contribution < 1.29 is 19.1 Å². The van der Waals surface area contributed by atoms with E-state index in [1.807, 2.05) is 42.5 Å². The van der Waals surface area contributed by atoms with Gasteiger partial charge in [0.1, 0.15) is 0 Å². The second-order valence-corrected chi connectivity index (χ2v) is 6.52. The van der Waals surface area contributed by atoms with Crippen molar-refractivity contribution in [3.05, 3.63) is 60.2 Å². The van der Waals surface area contributed by atoms with Crippen LogP contribution in [0.4, 0.5) is 4.79 Å². The molecule has 3 rings (SSSR count). The van der Waals surface area contributed by atoms with Crippen LogP contribution in [0.25, 0.3) is 11.1 Å². The van der Waals surface area contributed by atoms with E-state index in [9.17, 15) is 14.4 Å². The Morgan fingerprint density at radius 3 is 2.19 bits per heavy atom. The Bertz CT molecular complexity index is 797. The van der Waals surface area contributed by atoms with Crippen LogP contribution in [0.3, 0.4) is 0 Å². The molecular formula is C21H22N2O4. The topological polar surface area (TPSA) is 84.5 Å². The van der Waals surface area contributed by atoms with E-state index in [2.05, 4.69) is 10.6 Å². The molecule has 2 aromatic rings. The molecule has 27 heavy (non-hydrogen) atoms. The number of benzene rings is 2. The van der Waals surface area contributed by atoms with E-state index in [4.69, 9.17) is 4.74 Å². The van der Waals surface area contributed by atoms with Gasteiger partial charge in [0.2, 0.25) is 0 Å². The first-order chi connectivity index (χ1) is 13.1. The van der Waals surface area contributed by atoms with E-state index in [1.165, 1.54) is 0 Å². The predicted octanol–water partition coefficient (Wildman–Crippen LogP) is 3.28. The Hall–Kier alpha value is -3.15. The smallest absolute Gasteiger partial charge is 0.338 e. The molecule has 0 aliphatic heterocycles. The van der Waals surface area contributed by atoms with Crippen molar-refractivity contribution in [3.8, 4) is 11.1 Å². The van der Waals surface area contributed by atoms with Gasteiger partial charge in [-0.05, 0) is 36.1 Å². The van der Waals surface area contributed by atoms with Crippen LogP contribution in [-0.4, -0.2) is 30.6 Å². The number of hydrogen-bond donors (Lipinski definition) is 2. The summed E-state index contributed by atoms with van der Waals surface area (Å²) in [5.74, 6) is -1.26. The lowest BCUT2D eigenvalue weighted by atomic mass is 10.0. The third-order valence-electron chi connectivity index (χ3n) is 4.51. The fourth-order valence-electron chi connectivity index (χ4n) is 3.10. The van der Waals surface area contributed by atoms with Crippen LogP contribution in [0.2, 0.25) is 0 Å². The van der Waals surface area contributed by atoms with E-state index in [0.29, 0.717) is 5.56 Å². The molecule has 0 bridgehead atoms. The summed E-state index contributed by atoms with van der Waals surface area (Å²) in [6.07, 6.45) is 4.02. The van der Waals surface area contributed by atoms with Crippen LogP contribution >= 0.6 is 0 Å². The van der Waals surface area contributed by atoms with Crippen LogP contribution in [0.1, 0.15) is 36.0 Å². The largest absolute Gasteiger partial charge is 0.452 e. The Labute approximate surface area is 157 Å². The summed E-state index contributed by atoms with van der Waals surface area (Å²) in [6.45, 7) is -0.503. The second-order valence-electron chi connectivity index (χ2n) is 6.52. The van der Waals surface area contributed by atoms with Crippen LogP contribution in [-0.2, 0) is 9.53 Å². The van der Waals surface area contributed by atoms with E-state index in [0.717, 1.165) is 36.8 Å². The third kappa shape index (κ3) is 5.41. The summed E-state index contributed by atoms with van der Waals surface area (Å²) in [5.41, 5.74) is 2.37. The molecule has 2 N–H and O–H groups in total. The van der Waals surface area contributed by atoms with E-state index < -0.39 is 24.5 Å². The normalized spacial score (nSPS) is 13.8. The zero-order valence-corrected chi connectivity index (χ0v) is 14.9. The molecule has 0 unspecified atom stereocenters. The molecule has 1 fully saturated rings. The molecule has 0 saturated heterocycles. The first kappa shape index (κ1) is 18.6. The summed E-state index contributed by atoms with van der Waals surface area (Å²) in [5, 5.41) is 4.92. The maximum absolute atomic E-state index is 12.1. The number of esters is 1. The number of hydrogen-bond acceptors (Lipinski definition) is 4. The zero-order chi connectivity index (χ0) is 19.1. The van der Waals surface area contributed by atoms with Gasteiger partial charge in [0.05, 0.1) is 5.56 Å². The lowest BCUT2D eigenvalue weighted by Crippen LogP contribution is -2.44. The van der Waals surface area contributed by atoms with Crippen LogP contribution < -0.4 is 10.6 Å². The maximum Gasteiger partial charge on any atom is 0.338 e. The van der Waals surface area contributed by atoms with E-state index >= 15 is 0 Å². The summed E-state index contributed by atoms with van der Waals surface area (Å²) in [4.78, 5) is 35.5. The minimum atomic E-state index is -0.653. The van der Waals surface area contributed by atoms with Crippen molar-refractivity contribution in [2.45, 2.75) is 31.7 Å². The number of nitrogens with one attached hydrogen (secondary N) is 2. The first-order valence-corrected chi connectivity index (χ1v) is 9.05. The Kier molecular flexibility index (Phi) is 6.20. The lowest BCUT2D eigenvalue weighted by molar-refractivity contribution is -0.123. The van der Waals surface area contributed by atoms with E-state index in [-0.39, 0.29) is 6.04 Å². The highest BCUT2D eigenvalue weighted by Gasteiger charge is 2.18. The van der Waals surface area contributed by atoms with Gasteiger partial charge in [-0.3, -0.25) is 10.1 Å². The zero-order valence-electron chi connectivity index (χ0n) is 14.9. The van der Waals surface area contributed by atoms with Crippen molar-refractivity contribution in [2.24, 2.45) is 0 Å². The van der Waals surface area contributed by atoms with Gasteiger partial charge in [-0.25, -0.2) is 9.59 Å². The number of urea groups is 1. The summed E-state index contributed by atoms with van der Waals surface area (Å²) in [7, 11) is 0. The SMILES string of the molecule is O=C(COC(=O)c1ccc(-c2ccccc2)cc1)NC(=O)NC1CCCC1. The first-order valence-electron chi connectivity index (χ1n) is 9.05. The predicted molar refractivity (Wildman–Crippen MR) is 101 cm³/mol. The number of ether oxygens (including phenoxy) is 1. The van der Waals surface area contributed by atoms with Crippen molar-refractivity contribution >= 4 is 17.9 Å². The quantitative estimate of drug-likeness (QED) is 0.796. The summed E-state index contributed by atoms with van der Waals surface area (Å²) < 4.78 is 4.98. The molecule has 0 atom stereocenters. The van der Waals surface area contributed by atoms with Gasteiger partial charge in [-0.1, -0.05) is 55.3 Å². The molecule has 0 heterocycles. The number of rotatable bonds is 5. The molecule has 1 saturated carbocycles. The van der Waals surface area contributed by atoms with Crippen molar-refractivity contribution in [1.29, 1.82) is 0 Å². The minimum Gasteiger partial charge on any atom is -0.452 e. The molecule has 1 aliphatic rings. The van der Waals surface area contributed by atoms with Crippen LogP contribution in [0.5, 0.6) is 0 Å². The van der Waals surface area contributed by atoms with Crippen molar-refractivity contribution in [1.82, 2.24) is 10.6 Å². The van der Waals surface area contributed by atoms with Gasteiger partial charge in [0.25, 0.3) is 5.91 Å². The highest BCUT2D eigenvalue weighted by molar-refractivity contribution is 5.97. The van der Waals surface area contributed by atoms with Gasteiger partial charge in [-0.2, -0.15) is 0 Å². The van der Waals surface area contributed by atoms with Gasteiger partial charge in [0.15, 0.2) is 6.61 Å². The molecular weight excluding hydrogens is 344 g/mol. The third-order valence-corrected chi connectivity index (χ3v) is 4.51. The van der Waals surface area contributed by atoms with Gasteiger partial charge < -0.3 is 10.1 Å². The molecule has 0 spiro atoms. The maximum atomic E-state index is 12.1. The average molecular weight is 366 g/mol. The second kappa shape index (κ2) is 8.98. The van der Waals surface area contributed by atoms with Crippen molar-refractivity contribution in [2.75, 3.05) is 6.61 Å². The van der Waals surface area contributed by atoms with Crippen LogP contribution in [0.15, 0.2) is 54.6 Å². The van der Waals surface area contributed by atoms with Crippen LogP contribution in [0, 0.1) is 0 Å². The molecule has 3 amide bonds. The number of amides is 3. The number of imide groups is 1. The summed E-state index contributed by atoms with van der Waals surface area (Å²) >= 11 is 0. The van der Waals surface area contributed by atoms with Gasteiger partial charge in [-0.15, -0.1) is 0 Å². The Morgan fingerprint density at radius 1 is 0.889 bits per heavy atom. The highest BCUT2D eigenvalue weighted by atomic mass is 16.5. The monoisotopic (exact) mass is 366 g/mol. The molecule has 140 valence electrons. The molecule has 0 aromatic heterocycles. The molecule has 6 heteroatoms. The molecule has 1 aliphatic carbocycles. The lowest BCUT2D eigenvalue weighted by Gasteiger charge is -2.12. The minimum absolute atomic E-state index is 0.114. The standard InChI is InChI=1S/C21H22N2O4/c24-19(23-21(26)22-18-8-4-5-9-18)14-27-20(25)17-12-10-16(11-13-17)15-6-2-1-3-7-15/h1-3,6-7,10-13,18H,4-5,8-9,14H2,(H2,22,23,24,26). The van der Waals surface area contributed by atoms with E-state index in [1.54, 1.807) is 12.1 Å². The fraction of sp³-hybridized carbons (Fsp3) is 0.286. The average Bonchev–Trinajstić information content (AvgIpc) is 3.19. The number of carbonyl (C=O) groups excluding carboxylic acids is 3. The molecule has 0 radical (unpaired) electrons. The molecule has 6 nitrogen and oxygen atoms in total. The summed E-state index contributed by atoms with van der Waals surface area (Å²) in [6, 6.07) is 16.3. The van der Waals surface area contributed by atoms with Crippen molar-refractivity contribution in [3.63, 3.8) is 0 Å². The Balaban J connectivity index is 1.45. The Morgan fingerprint density at radius 2 is 1.52 bits per heavy atom.